The molecule has 1 N–H and O–H groups in total. The highest BCUT2D eigenvalue weighted by atomic mass is 16.5. The number of pyridine rings is 1. The summed E-state index contributed by atoms with van der Waals surface area (Å²) in [5.41, 5.74) is 0.202. The third-order valence-corrected chi connectivity index (χ3v) is 4.17. The molecule has 4 rings (SSSR count). The molecule has 0 aliphatic carbocycles. The van der Waals surface area contributed by atoms with E-state index in [4.69, 9.17) is 4.74 Å². The third-order valence-electron chi connectivity index (χ3n) is 4.17. The van der Waals surface area contributed by atoms with E-state index in [0.29, 0.717) is 30.4 Å². The Bertz CT molecular complexity index is 1010. The summed E-state index contributed by atoms with van der Waals surface area (Å²) in [6.45, 7) is 0.716. The summed E-state index contributed by atoms with van der Waals surface area (Å²) in [5, 5.41) is 21.0. The molecule has 0 amide bonds. The van der Waals surface area contributed by atoms with Gasteiger partial charge in [0.25, 0.3) is 5.56 Å². The monoisotopic (exact) mass is 349 g/mol. The molecule has 130 valence electrons. The fourth-order valence-electron chi connectivity index (χ4n) is 2.89. The second-order valence-electron chi connectivity index (χ2n) is 5.79. The second kappa shape index (κ2) is 6.78. The molecule has 0 radical (unpaired) electrons. The van der Waals surface area contributed by atoms with Gasteiger partial charge in [-0.2, -0.15) is 10.4 Å². The summed E-state index contributed by atoms with van der Waals surface area (Å²) in [5.74, 6) is 1.00. The first kappa shape index (κ1) is 16.0. The zero-order valence-corrected chi connectivity index (χ0v) is 13.7. The number of hydrogen-bond acceptors (Lipinski definition) is 7. The predicted molar refractivity (Wildman–Crippen MR) is 91.8 cm³/mol. The van der Waals surface area contributed by atoms with E-state index < -0.39 is 0 Å². The number of ether oxygens (including phenoxy) is 1. The lowest BCUT2D eigenvalue weighted by Gasteiger charge is -2.21. The van der Waals surface area contributed by atoms with Gasteiger partial charge in [0, 0.05) is 24.7 Å². The van der Waals surface area contributed by atoms with Crippen molar-refractivity contribution in [2.75, 3.05) is 18.5 Å². The van der Waals surface area contributed by atoms with Crippen molar-refractivity contribution in [3.63, 3.8) is 0 Å². The van der Waals surface area contributed by atoms with Crippen LogP contribution in [0.3, 0.4) is 0 Å². The Morgan fingerprint density at radius 1 is 1.23 bits per heavy atom. The minimum absolute atomic E-state index is 0.232. The third kappa shape index (κ3) is 2.94. The van der Waals surface area contributed by atoms with Crippen molar-refractivity contribution in [1.82, 2.24) is 24.5 Å². The molecule has 1 aliphatic rings. The molecule has 0 bridgehead atoms. The van der Waals surface area contributed by atoms with E-state index in [0.717, 1.165) is 0 Å². The van der Waals surface area contributed by atoms with Crippen LogP contribution in [-0.2, 0) is 4.74 Å². The Kier molecular flexibility index (Phi) is 4.17. The van der Waals surface area contributed by atoms with Gasteiger partial charge < -0.3 is 10.1 Å². The van der Waals surface area contributed by atoms with E-state index in [2.05, 4.69) is 26.6 Å². The van der Waals surface area contributed by atoms with E-state index in [9.17, 15) is 10.1 Å². The van der Waals surface area contributed by atoms with E-state index in [1.165, 1.54) is 10.7 Å². The summed E-state index contributed by atoms with van der Waals surface area (Å²) < 4.78 is 8.54. The zero-order chi connectivity index (χ0) is 17.9. The summed E-state index contributed by atoms with van der Waals surface area (Å²) in [7, 11) is 0. The van der Waals surface area contributed by atoms with Gasteiger partial charge in [-0.25, -0.2) is 14.3 Å². The van der Waals surface area contributed by atoms with Crippen LogP contribution in [-0.4, -0.2) is 43.8 Å². The van der Waals surface area contributed by atoms with Gasteiger partial charge in [-0.1, -0.05) is 0 Å². The first-order chi connectivity index (χ1) is 12.8. The highest BCUT2D eigenvalue weighted by molar-refractivity contribution is 5.52. The zero-order valence-electron chi connectivity index (χ0n) is 13.7. The maximum atomic E-state index is 12.4. The van der Waals surface area contributed by atoms with Gasteiger partial charge in [0.1, 0.15) is 17.9 Å². The topological polar surface area (TPSA) is 111 Å². The average Bonchev–Trinajstić information content (AvgIpc) is 3.35. The van der Waals surface area contributed by atoms with Crippen LogP contribution in [0, 0.1) is 11.3 Å². The molecule has 3 aromatic heterocycles. The predicted octanol–water partition coefficient (Wildman–Crippen LogP) is 0.748. The van der Waals surface area contributed by atoms with E-state index in [1.54, 1.807) is 47.5 Å². The molecule has 0 saturated carbocycles. The molecule has 9 nitrogen and oxygen atoms in total. The Hall–Kier alpha value is -3.51. The van der Waals surface area contributed by atoms with Crippen LogP contribution in [0.1, 0.15) is 11.6 Å². The standard InChI is InChI=1S/C17H15N7O2/c18-9-12-3-1-6-19-17(12)21-13-10-26-11-14(13)24-16(25)5-4-15(22-24)23-8-2-7-20-23/h1-8,13-14H,10-11H2,(H,19,21). The van der Waals surface area contributed by atoms with Gasteiger partial charge >= 0.3 is 0 Å². The molecule has 0 spiro atoms. The quantitative estimate of drug-likeness (QED) is 0.740. The number of nitrogens with zero attached hydrogens (tertiary/aromatic N) is 6. The van der Waals surface area contributed by atoms with Gasteiger partial charge in [0.05, 0.1) is 24.8 Å². The molecular weight excluding hydrogens is 334 g/mol. The SMILES string of the molecule is N#Cc1cccnc1NC1COCC1n1nc(-n2cccn2)ccc1=O. The molecule has 1 aliphatic heterocycles. The first-order valence-electron chi connectivity index (χ1n) is 8.05. The van der Waals surface area contributed by atoms with Gasteiger partial charge in [-0.3, -0.25) is 4.79 Å². The average molecular weight is 349 g/mol. The van der Waals surface area contributed by atoms with Gasteiger partial charge in [-0.15, -0.1) is 5.10 Å². The lowest BCUT2D eigenvalue weighted by atomic mass is 10.1. The van der Waals surface area contributed by atoms with Crippen LogP contribution in [0.4, 0.5) is 5.82 Å². The van der Waals surface area contributed by atoms with Crippen molar-refractivity contribution < 1.29 is 4.74 Å². The second-order valence-corrected chi connectivity index (χ2v) is 5.79. The van der Waals surface area contributed by atoms with Crippen LogP contribution in [0.15, 0.2) is 53.7 Å². The van der Waals surface area contributed by atoms with Crippen LogP contribution in [0.25, 0.3) is 5.82 Å². The molecule has 0 aromatic carbocycles. The fraction of sp³-hybridized carbons (Fsp3) is 0.235. The minimum atomic E-state index is -0.327. The van der Waals surface area contributed by atoms with Crippen molar-refractivity contribution in [3.8, 4) is 11.9 Å². The van der Waals surface area contributed by atoms with Crippen LogP contribution in [0.5, 0.6) is 0 Å². The number of aromatic nitrogens is 5. The number of anilines is 1. The van der Waals surface area contributed by atoms with Crippen molar-refractivity contribution in [2.45, 2.75) is 12.1 Å². The van der Waals surface area contributed by atoms with Crippen LogP contribution >= 0.6 is 0 Å². The summed E-state index contributed by atoms with van der Waals surface area (Å²) in [6.07, 6.45) is 5.01. The fourth-order valence-corrected chi connectivity index (χ4v) is 2.89. The van der Waals surface area contributed by atoms with E-state index >= 15 is 0 Å². The molecule has 2 atom stereocenters. The number of nitriles is 1. The summed E-state index contributed by atoms with van der Waals surface area (Å²) >= 11 is 0. The largest absolute Gasteiger partial charge is 0.377 e. The molecule has 1 saturated heterocycles. The summed E-state index contributed by atoms with van der Waals surface area (Å²) in [4.78, 5) is 16.6. The maximum Gasteiger partial charge on any atom is 0.267 e. The van der Waals surface area contributed by atoms with Crippen molar-refractivity contribution in [2.24, 2.45) is 0 Å². The van der Waals surface area contributed by atoms with E-state index in [-0.39, 0.29) is 17.6 Å². The molecule has 26 heavy (non-hydrogen) atoms. The Balaban J connectivity index is 1.66. The van der Waals surface area contributed by atoms with Gasteiger partial charge in [0.2, 0.25) is 0 Å². The summed E-state index contributed by atoms with van der Waals surface area (Å²) in [6, 6.07) is 9.78. The molecular formula is C17H15N7O2. The van der Waals surface area contributed by atoms with Crippen molar-refractivity contribution >= 4 is 5.82 Å². The van der Waals surface area contributed by atoms with E-state index in [1.807, 2.05) is 0 Å². The van der Waals surface area contributed by atoms with Crippen molar-refractivity contribution in [3.05, 3.63) is 64.8 Å². The molecule has 9 heteroatoms. The van der Waals surface area contributed by atoms with Gasteiger partial charge in [-0.05, 0) is 24.3 Å². The first-order valence-corrected chi connectivity index (χ1v) is 8.05. The highest BCUT2D eigenvalue weighted by Crippen LogP contribution is 2.22. The maximum absolute atomic E-state index is 12.4. The highest BCUT2D eigenvalue weighted by Gasteiger charge is 2.32. The Morgan fingerprint density at radius 2 is 2.15 bits per heavy atom. The minimum Gasteiger partial charge on any atom is -0.377 e. The lowest BCUT2D eigenvalue weighted by Crippen LogP contribution is -2.37. The van der Waals surface area contributed by atoms with Crippen LogP contribution in [0.2, 0.25) is 0 Å². The molecule has 4 heterocycles. The Morgan fingerprint density at radius 3 is 2.96 bits per heavy atom. The van der Waals surface area contributed by atoms with Crippen LogP contribution < -0.4 is 10.9 Å². The normalized spacial score (nSPS) is 19.2. The molecule has 3 aromatic rings. The molecule has 2 unspecified atom stereocenters. The number of rotatable bonds is 4. The van der Waals surface area contributed by atoms with Gasteiger partial charge in [0.15, 0.2) is 5.82 Å². The lowest BCUT2D eigenvalue weighted by molar-refractivity contribution is 0.182. The number of hydrogen-bond donors (Lipinski definition) is 1. The number of nitrogens with one attached hydrogen (secondary N) is 1. The Labute approximate surface area is 148 Å². The van der Waals surface area contributed by atoms with Crippen molar-refractivity contribution in [1.29, 1.82) is 5.26 Å². The smallest absolute Gasteiger partial charge is 0.267 e. The molecule has 1 fully saturated rings.